The van der Waals surface area contributed by atoms with Crippen molar-refractivity contribution in [2.75, 3.05) is 6.54 Å². The van der Waals surface area contributed by atoms with Crippen molar-refractivity contribution in [3.8, 4) is 17.1 Å². The van der Waals surface area contributed by atoms with E-state index >= 15 is 0 Å². The van der Waals surface area contributed by atoms with Crippen LogP contribution in [0.1, 0.15) is 32.6 Å². The van der Waals surface area contributed by atoms with Crippen LogP contribution < -0.4 is 4.90 Å². The van der Waals surface area contributed by atoms with Crippen molar-refractivity contribution < 1.29 is 4.90 Å². The molecule has 0 radical (unpaired) electrons. The molecule has 1 fully saturated rings. The van der Waals surface area contributed by atoms with E-state index in [0.29, 0.717) is 6.04 Å². The van der Waals surface area contributed by atoms with Gasteiger partial charge >= 0.3 is 0 Å². The Hall–Kier alpha value is -2.31. The number of para-hydroxylation sites is 1. The average Bonchev–Trinajstić information content (AvgIpc) is 3.06. The summed E-state index contributed by atoms with van der Waals surface area (Å²) in [6.45, 7) is 4.31. The summed E-state index contributed by atoms with van der Waals surface area (Å²) < 4.78 is 4.82. The number of rotatable bonds is 5. The van der Waals surface area contributed by atoms with Gasteiger partial charge in [0.25, 0.3) is 0 Å². The molecule has 140 valence electrons. The lowest BCUT2D eigenvalue weighted by atomic mass is 10.0. The molecule has 1 saturated heterocycles. The van der Waals surface area contributed by atoms with Gasteiger partial charge in [-0.25, -0.2) is 0 Å². The minimum Gasteiger partial charge on any atom is -0.314 e. The molecule has 3 aromatic rings. The van der Waals surface area contributed by atoms with Crippen LogP contribution in [0.5, 0.6) is 0 Å². The molecule has 0 amide bonds. The second-order valence-corrected chi connectivity index (χ2v) is 7.55. The number of piperidine rings is 1. The van der Waals surface area contributed by atoms with Crippen LogP contribution >= 0.6 is 12.2 Å². The van der Waals surface area contributed by atoms with E-state index in [1.807, 2.05) is 41.2 Å². The van der Waals surface area contributed by atoms with Gasteiger partial charge < -0.3 is 4.90 Å². The first-order valence-corrected chi connectivity index (χ1v) is 10.2. The second kappa shape index (κ2) is 8.15. The summed E-state index contributed by atoms with van der Waals surface area (Å²) in [5, 5.41) is 4.93. The molecule has 0 spiro atoms. The molecule has 0 saturated carbocycles. The normalized spacial score (nSPS) is 19.9. The molecule has 3 heterocycles. The zero-order valence-electron chi connectivity index (χ0n) is 15.7. The fourth-order valence-corrected chi connectivity index (χ4v) is 4.34. The molecule has 1 aromatic carbocycles. The third-order valence-electron chi connectivity index (χ3n) is 5.50. The molecule has 1 aliphatic rings. The maximum absolute atomic E-state index is 5.87. The molecule has 2 atom stereocenters. The Bertz CT molecular complexity index is 932. The molecule has 0 bridgehead atoms. The largest absolute Gasteiger partial charge is 0.314 e. The lowest BCUT2D eigenvalue weighted by Gasteiger charge is -2.31. The number of likely N-dealkylation sites (tertiary alicyclic amines) is 1. The van der Waals surface area contributed by atoms with Crippen LogP contribution in [0.4, 0.5) is 0 Å². The number of nitrogens with one attached hydrogen (secondary N) is 1. The molecular formula is C21H26N5S+. The van der Waals surface area contributed by atoms with Gasteiger partial charge in [0.1, 0.15) is 0 Å². The summed E-state index contributed by atoms with van der Waals surface area (Å²) in [5.74, 6) is 0.851. The molecule has 27 heavy (non-hydrogen) atoms. The first-order valence-electron chi connectivity index (χ1n) is 9.78. The third kappa shape index (κ3) is 3.73. The van der Waals surface area contributed by atoms with Crippen molar-refractivity contribution in [1.29, 1.82) is 0 Å². The zero-order chi connectivity index (χ0) is 18.6. The van der Waals surface area contributed by atoms with E-state index in [-0.39, 0.29) is 0 Å². The highest BCUT2D eigenvalue weighted by atomic mass is 32.1. The molecule has 6 heteroatoms. The van der Waals surface area contributed by atoms with E-state index in [2.05, 4.69) is 28.6 Å². The predicted molar refractivity (Wildman–Crippen MR) is 109 cm³/mol. The number of quaternary nitrogens is 1. The van der Waals surface area contributed by atoms with Gasteiger partial charge in [-0.3, -0.25) is 9.55 Å². The third-order valence-corrected chi connectivity index (χ3v) is 5.89. The summed E-state index contributed by atoms with van der Waals surface area (Å²) in [7, 11) is 0. The number of pyridine rings is 1. The number of benzene rings is 1. The van der Waals surface area contributed by atoms with Crippen LogP contribution in [0.15, 0.2) is 54.9 Å². The first-order chi connectivity index (χ1) is 13.3. The van der Waals surface area contributed by atoms with Gasteiger partial charge in [0.05, 0.1) is 12.6 Å². The van der Waals surface area contributed by atoms with E-state index in [1.54, 1.807) is 11.1 Å². The number of aromatic nitrogens is 4. The molecule has 0 aliphatic carbocycles. The second-order valence-electron chi connectivity index (χ2n) is 7.19. The average molecular weight is 381 g/mol. The van der Waals surface area contributed by atoms with Gasteiger partial charge in [0.15, 0.2) is 12.5 Å². The Morgan fingerprint density at radius 1 is 1.15 bits per heavy atom. The fourth-order valence-electron chi connectivity index (χ4n) is 4.05. The SMILES string of the molecule is CC[C@@H]1CCCC[NH+]1Cn1nc(-c2cccnc2)n(-c2ccccc2)c1=S. The summed E-state index contributed by atoms with van der Waals surface area (Å²) in [6.07, 6.45) is 8.77. The molecule has 1 unspecified atom stereocenters. The lowest BCUT2D eigenvalue weighted by molar-refractivity contribution is -0.953. The summed E-state index contributed by atoms with van der Waals surface area (Å²) in [5.41, 5.74) is 2.01. The molecule has 1 N–H and O–H groups in total. The maximum Gasteiger partial charge on any atom is 0.207 e. The van der Waals surface area contributed by atoms with Crippen molar-refractivity contribution in [3.63, 3.8) is 0 Å². The minimum atomic E-state index is 0.698. The molecule has 5 nitrogen and oxygen atoms in total. The van der Waals surface area contributed by atoms with Crippen LogP contribution in [0, 0.1) is 4.77 Å². The van der Waals surface area contributed by atoms with Crippen LogP contribution in [-0.4, -0.2) is 31.9 Å². The number of hydrogen-bond donors (Lipinski definition) is 1. The number of nitrogens with zero attached hydrogens (tertiary/aromatic N) is 4. The molecule has 4 rings (SSSR count). The highest BCUT2D eigenvalue weighted by Gasteiger charge is 2.26. The fraction of sp³-hybridized carbons (Fsp3) is 0.381. The summed E-state index contributed by atoms with van der Waals surface area (Å²) in [6, 6.07) is 14.9. The molecule has 1 aliphatic heterocycles. The Balaban J connectivity index is 1.77. The highest BCUT2D eigenvalue weighted by Crippen LogP contribution is 2.21. The molecular weight excluding hydrogens is 354 g/mol. The Morgan fingerprint density at radius 2 is 2.00 bits per heavy atom. The maximum atomic E-state index is 5.87. The van der Waals surface area contributed by atoms with Gasteiger partial charge in [0.2, 0.25) is 4.77 Å². The van der Waals surface area contributed by atoms with Crippen molar-refractivity contribution in [2.45, 2.75) is 45.3 Å². The summed E-state index contributed by atoms with van der Waals surface area (Å²) in [4.78, 5) is 5.87. The van der Waals surface area contributed by atoms with Crippen molar-refractivity contribution in [3.05, 3.63) is 59.6 Å². The summed E-state index contributed by atoms with van der Waals surface area (Å²) >= 11 is 5.87. The van der Waals surface area contributed by atoms with Crippen molar-refractivity contribution in [2.24, 2.45) is 0 Å². The van der Waals surface area contributed by atoms with E-state index in [0.717, 1.165) is 28.5 Å². The van der Waals surface area contributed by atoms with Gasteiger partial charge in [-0.1, -0.05) is 25.1 Å². The van der Waals surface area contributed by atoms with E-state index in [4.69, 9.17) is 17.3 Å². The van der Waals surface area contributed by atoms with Crippen LogP contribution in [0.3, 0.4) is 0 Å². The standard InChI is InChI=1S/C21H25N5S/c1-2-18-10-6-7-14-24(18)16-25-21(27)26(19-11-4-3-5-12-19)20(23-25)17-9-8-13-22-15-17/h3-5,8-9,11-13,15,18H,2,6-7,10,14,16H2,1H3/p+1/t18-/m1/s1. The quantitative estimate of drug-likeness (QED) is 0.691. The first kappa shape index (κ1) is 18.1. The zero-order valence-corrected chi connectivity index (χ0v) is 16.5. The van der Waals surface area contributed by atoms with Gasteiger partial charge in [-0.05, 0) is 62.2 Å². The van der Waals surface area contributed by atoms with Crippen molar-refractivity contribution >= 4 is 12.2 Å². The van der Waals surface area contributed by atoms with E-state index in [9.17, 15) is 0 Å². The van der Waals surface area contributed by atoms with Crippen LogP contribution in [-0.2, 0) is 6.67 Å². The Morgan fingerprint density at radius 3 is 2.74 bits per heavy atom. The minimum absolute atomic E-state index is 0.698. The topological polar surface area (TPSA) is 40.1 Å². The smallest absolute Gasteiger partial charge is 0.207 e. The van der Waals surface area contributed by atoms with Gasteiger partial charge in [-0.2, -0.15) is 4.68 Å². The molecule has 2 aromatic heterocycles. The van der Waals surface area contributed by atoms with Crippen LogP contribution in [0.2, 0.25) is 0 Å². The van der Waals surface area contributed by atoms with Gasteiger partial charge in [-0.15, -0.1) is 5.10 Å². The van der Waals surface area contributed by atoms with E-state index in [1.165, 1.54) is 32.2 Å². The Kier molecular flexibility index (Phi) is 5.45. The van der Waals surface area contributed by atoms with E-state index < -0.39 is 0 Å². The van der Waals surface area contributed by atoms with Crippen molar-refractivity contribution in [1.82, 2.24) is 19.3 Å². The monoisotopic (exact) mass is 380 g/mol. The Labute approximate surface area is 165 Å². The van der Waals surface area contributed by atoms with Crippen LogP contribution in [0.25, 0.3) is 17.1 Å². The highest BCUT2D eigenvalue weighted by molar-refractivity contribution is 7.71. The number of hydrogen-bond acceptors (Lipinski definition) is 3. The predicted octanol–water partition coefficient (Wildman–Crippen LogP) is 3.27. The lowest BCUT2D eigenvalue weighted by Crippen LogP contribution is -3.15. The van der Waals surface area contributed by atoms with Gasteiger partial charge in [0, 0.05) is 23.6 Å².